The van der Waals surface area contributed by atoms with Crippen molar-refractivity contribution in [3.05, 3.63) is 24.2 Å². The summed E-state index contributed by atoms with van der Waals surface area (Å²) in [6.45, 7) is 2.05. The number of aliphatic hydroxyl groups excluding tert-OH is 1. The van der Waals surface area contributed by atoms with E-state index in [0.717, 1.165) is 24.9 Å². The van der Waals surface area contributed by atoms with Crippen molar-refractivity contribution in [3.8, 4) is 0 Å². The summed E-state index contributed by atoms with van der Waals surface area (Å²) in [6, 6.07) is 1.34. The summed E-state index contributed by atoms with van der Waals surface area (Å²) in [5, 5.41) is 18.6. The van der Waals surface area contributed by atoms with E-state index in [1.807, 2.05) is 6.07 Å². The molecule has 2 aliphatic rings. The minimum Gasteiger partial charge on any atom is -0.390 e. The fourth-order valence-corrected chi connectivity index (χ4v) is 4.70. The van der Waals surface area contributed by atoms with Crippen LogP contribution >= 0.6 is 0 Å². The van der Waals surface area contributed by atoms with Crippen molar-refractivity contribution in [2.24, 2.45) is 11.7 Å². The zero-order chi connectivity index (χ0) is 17.6. The molecule has 0 aromatic carbocycles. The quantitative estimate of drug-likeness (QED) is 0.588. The van der Waals surface area contributed by atoms with Crippen LogP contribution in [0.3, 0.4) is 0 Å². The summed E-state index contributed by atoms with van der Waals surface area (Å²) >= 11 is 0. The second-order valence-electron chi connectivity index (χ2n) is 6.83. The molecule has 134 valence electrons. The van der Waals surface area contributed by atoms with Crippen molar-refractivity contribution in [1.82, 2.24) is 24.8 Å². The lowest BCUT2D eigenvalue weighted by Crippen LogP contribution is -2.59. The third-order valence-electron chi connectivity index (χ3n) is 5.68. The average molecular weight is 345 g/mol. The first-order valence-corrected chi connectivity index (χ1v) is 8.61. The summed E-state index contributed by atoms with van der Waals surface area (Å²) in [4.78, 5) is 18.0. The molecular formula is C16H23N7O2. The Kier molecular flexibility index (Phi) is 3.77. The third kappa shape index (κ3) is 2.19. The van der Waals surface area contributed by atoms with Crippen LogP contribution in [0.5, 0.6) is 0 Å². The predicted molar refractivity (Wildman–Crippen MR) is 91.6 cm³/mol. The Hall–Kier alpha value is -2.39. The molecule has 2 aliphatic heterocycles. The van der Waals surface area contributed by atoms with Crippen molar-refractivity contribution in [2.45, 2.75) is 30.9 Å². The first-order valence-electron chi connectivity index (χ1n) is 8.61. The molecule has 0 aliphatic carbocycles. The van der Waals surface area contributed by atoms with Gasteiger partial charge < -0.3 is 26.8 Å². The molecule has 0 bridgehead atoms. The maximum absolute atomic E-state index is 12.3. The van der Waals surface area contributed by atoms with Crippen LogP contribution in [0.2, 0.25) is 0 Å². The fourth-order valence-electron chi connectivity index (χ4n) is 4.70. The average Bonchev–Trinajstić information content (AvgIpc) is 3.18. The Bertz CT molecular complexity index is 801. The Balaban J connectivity index is 1.98. The standard InChI is InChI=1S/C16H23N7O2/c17-14-13-11(3-7-23(13)21-9-20-14)16(10-2-1-5-19-8-10)12(24)4-6-22(16)15(18)25/h3,7,9-10,12,19,24H,1-2,4-6,8H2,(H2,18,25)(H2,17,20,21). The number of urea groups is 1. The molecule has 25 heavy (non-hydrogen) atoms. The molecule has 4 rings (SSSR count). The molecule has 2 amide bonds. The number of amides is 2. The van der Waals surface area contributed by atoms with Gasteiger partial charge in [0.1, 0.15) is 17.4 Å². The van der Waals surface area contributed by atoms with E-state index in [1.54, 1.807) is 15.6 Å². The minimum atomic E-state index is -0.924. The molecule has 3 atom stereocenters. The Morgan fingerprint density at radius 3 is 3.00 bits per heavy atom. The van der Waals surface area contributed by atoms with Crippen LogP contribution < -0.4 is 16.8 Å². The molecule has 9 heteroatoms. The molecule has 9 nitrogen and oxygen atoms in total. The lowest BCUT2D eigenvalue weighted by atomic mass is 9.71. The molecule has 3 unspecified atom stereocenters. The Morgan fingerprint density at radius 2 is 2.28 bits per heavy atom. The van der Waals surface area contributed by atoms with Gasteiger partial charge in [0.2, 0.25) is 0 Å². The zero-order valence-electron chi connectivity index (χ0n) is 13.9. The lowest BCUT2D eigenvalue weighted by molar-refractivity contribution is -0.00854. The highest BCUT2D eigenvalue weighted by Gasteiger charge is 2.57. The second-order valence-corrected chi connectivity index (χ2v) is 6.83. The number of primary amides is 1. The van der Waals surface area contributed by atoms with Gasteiger partial charge in [-0.2, -0.15) is 5.10 Å². The molecule has 0 saturated carbocycles. The normalized spacial score (nSPS) is 30.0. The molecule has 2 aromatic heterocycles. The summed E-state index contributed by atoms with van der Waals surface area (Å²) in [5.74, 6) is 0.346. The van der Waals surface area contributed by atoms with Gasteiger partial charge in [0.25, 0.3) is 0 Å². The number of nitrogens with one attached hydrogen (secondary N) is 1. The molecule has 6 N–H and O–H groups in total. The first kappa shape index (κ1) is 16.1. The summed E-state index contributed by atoms with van der Waals surface area (Å²) in [7, 11) is 0. The van der Waals surface area contributed by atoms with Gasteiger partial charge in [-0.15, -0.1) is 0 Å². The number of rotatable bonds is 2. The lowest BCUT2D eigenvalue weighted by Gasteiger charge is -2.47. The van der Waals surface area contributed by atoms with E-state index < -0.39 is 17.7 Å². The molecule has 0 spiro atoms. The number of carbonyl (C=O) groups excluding carboxylic acids is 1. The fraction of sp³-hybridized carbons (Fsp3) is 0.562. The van der Waals surface area contributed by atoms with Crippen LogP contribution in [0.4, 0.5) is 10.6 Å². The monoisotopic (exact) mass is 345 g/mol. The van der Waals surface area contributed by atoms with E-state index in [2.05, 4.69) is 15.4 Å². The SMILES string of the molecule is NC(=O)N1CCC(O)C1(c1ccn2ncnc(N)c12)C1CCCNC1. The van der Waals surface area contributed by atoms with E-state index in [9.17, 15) is 9.90 Å². The number of aromatic nitrogens is 3. The van der Waals surface area contributed by atoms with Gasteiger partial charge in [0, 0.05) is 30.8 Å². The molecule has 0 radical (unpaired) electrons. The first-order chi connectivity index (χ1) is 12.1. The molecule has 4 heterocycles. The zero-order valence-corrected chi connectivity index (χ0v) is 13.9. The topological polar surface area (TPSA) is 135 Å². The van der Waals surface area contributed by atoms with Crippen molar-refractivity contribution in [1.29, 1.82) is 0 Å². The molecular weight excluding hydrogens is 322 g/mol. The summed E-state index contributed by atoms with van der Waals surface area (Å²) < 4.78 is 1.64. The van der Waals surface area contributed by atoms with Crippen molar-refractivity contribution < 1.29 is 9.90 Å². The second kappa shape index (κ2) is 5.85. The van der Waals surface area contributed by atoms with E-state index in [1.165, 1.54) is 6.33 Å². The van der Waals surface area contributed by atoms with E-state index in [4.69, 9.17) is 11.5 Å². The third-order valence-corrected chi connectivity index (χ3v) is 5.68. The summed E-state index contributed by atoms with van der Waals surface area (Å²) in [5.41, 5.74) is 12.3. The van der Waals surface area contributed by atoms with Crippen LogP contribution in [0.25, 0.3) is 5.52 Å². The number of carbonyl (C=O) groups is 1. The number of nitrogen functional groups attached to an aromatic ring is 1. The van der Waals surface area contributed by atoms with Crippen molar-refractivity contribution in [3.63, 3.8) is 0 Å². The van der Waals surface area contributed by atoms with Crippen LogP contribution in [-0.2, 0) is 5.54 Å². The highest BCUT2D eigenvalue weighted by molar-refractivity contribution is 5.78. The van der Waals surface area contributed by atoms with Gasteiger partial charge in [-0.05, 0) is 31.9 Å². The number of aliphatic hydroxyl groups is 1. The predicted octanol–water partition coefficient (Wildman–Crippen LogP) is -0.348. The van der Waals surface area contributed by atoms with Crippen molar-refractivity contribution >= 4 is 17.4 Å². The van der Waals surface area contributed by atoms with Crippen LogP contribution in [0.1, 0.15) is 24.8 Å². The maximum Gasteiger partial charge on any atom is 0.315 e. The number of hydrogen-bond acceptors (Lipinski definition) is 6. The Labute approximate surface area is 145 Å². The number of likely N-dealkylation sites (tertiary alicyclic amines) is 1. The van der Waals surface area contributed by atoms with Crippen LogP contribution in [0, 0.1) is 5.92 Å². The van der Waals surface area contributed by atoms with Gasteiger partial charge in [-0.3, -0.25) is 0 Å². The van der Waals surface area contributed by atoms with Gasteiger partial charge in [0.05, 0.1) is 6.10 Å². The van der Waals surface area contributed by atoms with Gasteiger partial charge >= 0.3 is 6.03 Å². The minimum absolute atomic E-state index is 0.0251. The maximum atomic E-state index is 12.3. The number of hydrogen-bond donors (Lipinski definition) is 4. The molecule has 2 aromatic rings. The number of fused-ring (bicyclic) bond motifs is 1. The number of piperidine rings is 1. The number of nitrogens with two attached hydrogens (primary N) is 2. The van der Waals surface area contributed by atoms with E-state index in [0.29, 0.717) is 30.8 Å². The van der Waals surface area contributed by atoms with Crippen LogP contribution in [0.15, 0.2) is 18.6 Å². The summed E-state index contributed by atoms with van der Waals surface area (Å²) in [6.07, 6.45) is 4.78. The number of nitrogens with zero attached hydrogens (tertiary/aromatic N) is 4. The number of anilines is 1. The van der Waals surface area contributed by atoms with Gasteiger partial charge in [0.15, 0.2) is 5.82 Å². The highest BCUT2D eigenvalue weighted by Crippen LogP contribution is 2.49. The van der Waals surface area contributed by atoms with Gasteiger partial charge in [-0.1, -0.05) is 0 Å². The molecule has 2 fully saturated rings. The van der Waals surface area contributed by atoms with E-state index in [-0.39, 0.29) is 5.92 Å². The smallest absolute Gasteiger partial charge is 0.315 e. The van der Waals surface area contributed by atoms with E-state index >= 15 is 0 Å². The van der Waals surface area contributed by atoms with Crippen LogP contribution in [-0.4, -0.2) is 56.4 Å². The molecule has 2 saturated heterocycles. The largest absolute Gasteiger partial charge is 0.390 e. The van der Waals surface area contributed by atoms with Crippen molar-refractivity contribution in [2.75, 3.05) is 25.4 Å². The highest BCUT2D eigenvalue weighted by atomic mass is 16.3. The Morgan fingerprint density at radius 1 is 1.44 bits per heavy atom. The van der Waals surface area contributed by atoms with Gasteiger partial charge in [-0.25, -0.2) is 14.3 Å².